The topological polar surface area (TPSA) is 46.5 Å². The fraction of sp³-hybridized carbons (Fsp3) is 0.533. The lowest BCUT2D eigenvalue weighted by molar-refractivity contribution is 0.0497. The van der Waals surface area contributed by atoms with E-state index >= 15 is 0 Å². The highest BCUT2D eigenvalue weighted by Gasteiger charge is 2.06. The first-order valence-corrected chi connectivity index (χ1v) is 6.76. The second-order valence-corrected chi connectivity index (χ2v) is 4.49. The molecule has 3 nitrogen and oxygen atoms in total. The molecule has 0 unspecified atom stereocenters. The maximum absolute atomic E-state index is 11.8. The van der Waals surface area contributed by atoms with E-state index in [0.29, 0.717) is 18.6 Å². The molecule has 1 N–H and O–H groups in total. The van der Waals surface area contributed by atoms with Crippen molar-refractivity contribution >= 4 is 5.97 Å². The molecule has 0 spiro atoms. The molecule has 0 saturated carbocycles. The van der Waals surface area contributed by atoms with E-state index < -0.39 is 0 Å². The van der Waals surface area contributed by atoms with Crippen LogP contribution in [0.1, 0.15) is 48.9 Å². The quantitative estimate of drug-likeness (QED) is 0.546. The third-order valence-electron chi connectivity index (χ3n) is 2.86. The van der Waals surface area contributed by atoms with Gasteiger partial charge in [0.1, 0.15) is 5.75 Å². The van der Waals surface area contributed by atoms with Gasteiger partial charge in [0.25, 0.3) is 0 Å². The Morgan fingerprint density at radius 3 is 2.21 bits per heavy atom. The van der Waals surface area contributed by atoms with Crippen LogP contribution in [0.3, 0.4) is 0 Å². The molecular formula is C15H21FO3. The van der Waals surface area contributed by atoms with Gasteiger partial charge in [-0.25, -0.2) is 4.79 Å². The summed E-state index contributed by atoms with van der Waals surface area (Å²) in [5.74, 6) is -0.234. The third kappa shape index (κ3) is 6.79. The van der Waals surface area contributed by atoms with Gasteiger partial charge in [-0.1, -0.05) is 25.7 Å². The Morgan fingerprint density at radius 1 is 1.00 bits per heavy atom. The first-order valence-electron chi connectivity index (χ1n) is 6.76. The summed E-state index contributed by atoms with van der Waals surface area (Å²) in [6.07, 6.45) is 5.50. The highest BCUT2D eigenvalue weighted by molar-refractivity contribution is 5.89. The molecule has 1 aromatic rings. The van der Waals surface area contributed by atoms with Crippen molar-refractivity contribution in [2.24, 2.45) is 0 Å². The molecule has 0 aliphatic rings. The van der Waals surface area contributed by atoms with E-state index in [1.807, 2.05) is 0 Å². The number of phenolic OH excluding ortho intramolecular Hbond substituents is 1. The summed E-state index contributed by atoms with van der Waals surface area (Å²) in [6, 6.07) is 5.99. The van der Waals surface area contributed by atoms with Crippen molar-refractivity contribution in [1.82, 2.24) is 0 Å². The fourth-order valence-corrected chi connectivity index (χ4v) is 1.75. The fourth-order valence-electron chi connectivity index (χ4n) is 1.75. The van der Waals surface area contributed by atoms with Crippen molar-refractivity contribution in [3.05, 3.63) is 29.8 Å². The van der Waals surface area contributed by atoms with E-state index in [1.54, 1.807) is 0 Å². The van der Waals surface area contributed by atoms with Gasteiger partial charge >= 0.3 is 5.97 Å². The van der Waals surface area contributed by atoms with Crippen LogP contribution in [0.15, 0.2) is 24.3 Å². The number of aromatic hydroxyl groups is 1. The third-order valence-corrected chi connectivity index (χ3v) is 2.86. The summed E-state index contributed by atoms with van der Waals surface area (Å²) in [4.78, 5) is 11.6. The minimum atomic E-state index is -0.363. The van der Waals surface area contributed by atoms with Gasteiger partial charge < -0.3 is 9.84 Å². The molecule has 0 amide bonds. The SMILES string of the molecule is O=C(OCCCCCCCCF)c1ccc(O)cc1. The summed E-state index contributed by atoms with van der Waals surface area (Å²) in [5.41, 5.74) is 0.445. The Balaban J connectivity index is 2.06. The van der Waals surface area contributed by atoms with Gasteiger partial charge in [0.2, 0.25) is 0 Å². The van der Waals surface area contributed by atoms with Crippen LogP contribution in [0, 0.1) is 0 Å². The molecule has 0 aromatic heterocycles. The van der Waals surface area contributed by atoms with Crippen molar-refractivity contribution in [2.75, 3.05) is 13.3 Å². The highest BCUT2D eigenvalue weighted by atomic mass is 19.1. The first-order chi connectivity index (χ1) is 9.24. The number of hydrogen-bond donors (Lipinski definition) is 1. The summed E-state index contributed by atoms with van der Waals surface area (Å²) in [5, 5.41) is 9.10. The largest absolute Gasteiger partial charge is 0.508 e. The summed E-state index contributed by atoms with van der Waals surface area (Å²) < 4.78 is 16.9. The van der Waals surface area contributed by atoms with Crippen LogP contribution < -0.4 is 0 Å². The van der Waals surface area contributed by atoms with Gasteiger partial charge in [-0.15, -0.1) is 0 Å². The minimum absolute atomic E-state index is 0.129. The van der Waals surface area contributed by atoms with Gasteiger partial charge in [-0.2, -0.15) is 0 Å². The van der Waals surface area contributed by atoms with Gasteiger partial charge in [-0.05, 0) is 37.1 Å². The Morgan fingerprint density at radius 2 is 1.58 bits per heavy atom. The van der Waals surface area contributed by atoms with Gasteiger partial charge in [0.05, 0.1) is 18.8 Å². The van der Waals surface area contributed by atoms with E-state index in [-0.39, 0.29) is 18.4 Å². The summed E-state index contributed by atoms with van der Waals surface area (Å²) >= 11 is 0. The van der Waals surface area contributed by atoms with Crippen LogP contribution in [-0.4, -0.2) is 24.4 Å². The standard InChI is InChI=1S/C15H21FO3/c16-11-5-3-1-2-4-6-12-19-15(18)13-7-9-14(17)10-8-13/h7-10,17H,1-6,11-12H2. The van der Waals surface area contributed by atoms with Crippen LogP contribution in [0.25, 0.3) is 0 Å². The zero-order valence-electron chi connectivity index (χ0n) is 11.1. The number of phenols is 1. The maximum Gasteiger partial charge on any atom is 0.338 e. The van der Waals surface area contributed by atoms with Crippen LogP contribution in [0.4, 0.5) is 4.39 Å². The molecule has 0 aliphatic carbocycles. The average Bonchev–Trinajstić information content (AvgIpc) is 2.42. The predicted molar refractivity (Wildman–Crippen MR) is 72.1 cm³/mol. The Bertz CT molecular complexity index is 362. The van der Waals surface area contributed by atoms with Crippen molar-refractivity contribution < 1.29 is 19.0 Å². The smallest absolute Gasteiger partial charge is 0.338 e. The molecule has 0 radical (unpaired) electrons. The molecule has 0 fully saturated rings. The van der Waals surface area contributed by atoms with E-state index in [9.17, 15) is 9.18 Å². The Hall–Kier alpha value is -1.58. The number of carbonyl (C=O) groups is 1. The monoisotopic (exact) mass is 268 g/mol. The van der Waals surface area contributed by atoms with E-state index in [2.05, 4.69) is 0 Å². The summed E-state index contributed by atoms with van der Waals surface area (Å²) in [6.45, 7) is 0.174. The van der Waals surface area contributed by atoms with Crippen molar-refractivity contribution in [3.63, 3.8) is 0 Å². The zero-order chi connectivity index (χ0) is 13.9. The van der Waals surface area contributed by atoms with Crippen LogP contribution in [-0.2, 0) is 4.74 Å². The number of benzene rings is 1. The maximum atomic E-state index is 11.8. The number of unbranched alkanes of at least 4 members (excludes halogenated alkanes) is 5. The second kappa shape index (κ2) is 9.36. The highest BCUT2D eigenvalue weighted by Crippen LogP contribution is 2.11. The molecule has 0 heterocycles. The zero-order valence-corrected chi connectivity index (χ0v) is 11.1. The molecule has 0 bridgehead atoms. The van der Waals surface area contributed by atoms with Gasteiger partial charge in [0, 0.05) is 0 Å². The number of hydrogen-bond acceptors (Lipinski definition) is 3. The first kappa shape index (κ1) is 15.5. The molecule has 1 aromatic carbocycles. The van der Waals surface area contributed by atoms with Crippen molar-refractivity contribution in [3.8, 4) is 5.75 Å². The number of rotatable bonds is 9. The number of alkyl halides is 1. The van der Waals surface area contributed by atoms with Crippen LogP contribution in [0.5, 0.6) is 5.75 Å². The van der Waals surface area contributed by atoms with E-state index in [4.69, 9.17) is 9.84 Å². The molecule has 0 aliphatic heterocycles. The second-order valence-electron chi connectivity index (χ2n) is 4.49. The van der Waals surface area contributed by atoms with Crippen LogP contribution >= 0.6 is 0 Å². The lowest BCUT2D eigenvalue weighted by Gasteiger charge is -2.05. The van der Waals surface area contributed by atoms with Crippen molar-refractivity contribution in [1.29, 1.82) is 0 Å². The van der Waals surface area contributed by atoms with Gasteiger partial charge in [-0.3, -0.25) is 4.39 Å². The molecule has 0 atom stereocenters. The minimum Gasteiger partial charge on any atom is -0.508 e. The molecule has 0 saturated heterocycles. The normalized spacial score (nSPS) is 10.4. The molecule has 4 heteroatoms. The Labute approximate surface area is 113 Å². The lowest BCUT2D eigenvalue weighted by Crippen LogP contribution is -2.06. The molecule has 19 heavy (non-hydrogen) atoms. The van der Waals surface area contributed by atoms with Crippen LogP contribution in [0.2, 0.25) is 0 Å². The van der Waals surface area contributed by atoms with Gasteiger partial charge in [0.15, 0.2) is 0 Å². The van der Waals surface area contributed by atoms with E-state index in [0.717, 1.165) is 32.1 Å². The number of ether oxygens (including phenoxy) is 1. The van der Waals surface area contributed by atoms with Crippen molar-refractivity contribution in [2.45, 2.75) is 38.5 Å². The molecule has 1 rings (SSSR count). The Kier molecular flexibility index (Phi) is 7.63. The van der Waals surface area contributed by atoms with E-state index in [1.165, 1.54) is 24.3 Å². The average molecular weight is 268 g/mol. The molecule has 106 valence electrons. The summed E-state index contributed by atoms with van der Waals surface area (Å²) in [7, 11) is 0. The number of halogens is 1. The molecular weight excluding hydrogens is 247 g/mol. The number of carbonyl (C=O) groups excluding carboxylic acids is 1. The predicted octanol–water partition coefficient (Wildman–Crippen LogP) is 3.86. The lowest BCUT2D eigenvalue weighted by atomic mass is 10.1. The number of esters is 1.